The molecule has 1 aromatic carbocycles. The summed E-state index contributed by atoms with van der Waals surface area (Å²) in [5.41, 5.74) is 1.42. The number of carbonyl (C=O) groups excluding carboxylic acids is 2. The average molecular weight is 401 g/mol. The van der Waals surface area contributed by atoms with Crippen LogP contribution >= 0.6 is 0 Å². The van der Waals surface area contributed by atoms with Gasteiger partial charge in [-0.3, -0.25) is 4.79 Å². The zero-order valence-corrected chi connectivity index (χ0v) is 17.1. The van der Waals surface area contributed by atoms with Gasteiger partial charge < -0.3 is 24.1 Å². The minimum Gasteiger partial charge on any atom is -0.457 e. The molecule has 0 aliphatic carbocycles. The number of carbonyl (C=O) groups is 2. The van der Waals surface area contributed by atoms with Gasteiger partial charge in [-0.2, -0.15) is 0 Å². The Balaban J connectivity index is 1.66. The van der Waals surface area contributed by atoms with Crippen molar-refractivity contribution >= 4 is 12.1 Å². The van der Waals surface area contributed by atoms with Gasteiger partial charge >= 0.3 is 12.1 Å². The molecule has 8 heteroatoms. The SMILES string of the molecule is CC(=O)O[C@@H]1[C@@H](OC(=O)OC(C)(C)C)CN[C@@H]1Cc1ccc(-n2ccnc2)cc1. The molecule has 1 aliphatic heterocycles. The molecule has 0 saturated carbocycles. The van der Waals surface area contributed by atoms with Crippen LogP contribution in [0.1, 0.15) is 33.3 Å². The highest BCUT2D eigenvalue weighted by Gasteiger charge is 2.41. The smallest absolute Gasteiger partial charge is 0.457 e. The second kappa shape index (κ2) is 8.65. The number of hydrogen-bond acceptors (Lipinski definition) is 7. The number of benzene rings is 1. The average Bonchev–Trinajstić information content (AvgIpc) is 3.26. The molecule has 1 N–H and O–H groups in total. The van der Waals surface area contributed by atoms with Crippen molar-refractivity contribution in [1.29, 1.82) is 0 Å². The van der Waals surface area contributed by atoms with Gasteiger partial charge in [0.2, 0.25) is 0 Å². The topological polar surface area (TPSA) is 91.7 Å². The summed E-state index contributed by atoms with van der Waals surface area (Å²) in [6.45, 7) is 7.03. The Morgan fingerprint density at radius 3 is 2.52 bits per heavy atom. The van der Waals surface area contributed by atoms with Crippen LogP contribution in [0.5, 0.6) is 0 Å². The van der Waals surface area contributed by atoms with Gasteiger partial charge in [0.05, 0.1) is 12.4 Å². The maximum atomic E-state index is 12.0. The van der Waals surface area contributed by atoms with E-state index in [0.717, 1.165) is 11.3 Å². The molecular formula is C21H27N3O5. The summed E-state index contributed by atoms with van der Waals surface area (Å²) >= 11 is 0. The van der Waals surface area contributed by atoms with Crippen molar-refractivity contribution in [3.63, 3.8) is 0 Å². The predicted octanol–water partition coefficient (Wildman–Crippen LogP) is 2.64. The molecule has 2 heterocycles. The predicted molar refractivity (Wildman–Crippen MR) is 106 cm³/mol. The Hall–Kier alpha value is -2.87. The fourth-order valence-electron chi connectivity index (χ4n) is 3.27. The van der Waals surface area contributed by atoms with E-state index in [0.29, 0.717) is 13.0 Å². The second-order valence-electron chi connectivity index (χ2n) is 8.05. The zero-order chi connectivity index (χ0) is 21.0. The molecule has 1 fully saturated rings. The van der Waals surface area contributed by atoms with E-state index in [-0.39, 0.29) is 6.04 Å². The van der Waals surface area contributed by atoms with E-state index in [1.807, 2.05) is 35.0 Å². The first-order valence-corrected chi connectivity index (χ1v) is 9.59. The highest BCUT2D eigenvalue weighted by molar-refractivity contribution is 5.66. The number of ether oxygens (including phenoxy) is 3. The van der Waals surface area contributed by atoms with Crippen LogP contribution in [0, 0.1) is 0 Å². The summed E-state index contributed by atoms with van der Waals surface area (Å²) < 4.78 is 18.0. The van der Waals surface area contributed by atoms with E-state index >= 15 is 0 Å². The number of nitrogens with one attached hydrogen (secondary N) is 1. The Labute approximate surface area is 170 Å². The van der Waals surface area contributed by atoms with Crippen molar-refractivity contribution in [3.05, 3.63) is 48.5 Å². The molecule has 3 rings (SSSR count). The molecule has 3 atom stereocenters. The van der Waals surface area contributed by atoms with Gasteiger partial charge in [-0.25, -0.2) is 9.78 Å². The number of esters is 1. The molecule has 0 radical (unpaired) electrons. The molecule has 1 aliphatic rings. The lowest BCUT2D eigenvalue weighted by atomic mass is 10.0. The summed E-state index contributed by atoms with van der Waals surface area (Å²) in [7, 11) is 0. The van der Waals surface area contributed by atoms with Gasteiger partial charge in [0.1, 0.15) is 5.60 Å². The van der Waals surface area contributed by atoms with Crippen LogP contribution in [-0.4, -0.2) is 52.1 Å². The fraction of sp³-hybridized carbons (Fsp3) is 0.476. The first-order chi connectivity index (χ1) is 13.7. The van der Waals surface area contributed by atoms with Crippen LogP contribution in [0.3, 0.4) is 0 Å². The maximum absolute atomic E-state index is 12.0. The molecule has 1 aromatic heterocycles. The monoisotopic (exact) mass is 401 g/mol. The van der Waals surface area contributed by atoms with Gasteiger partial charge in [0.15, 0.2) is 12.2 Å². The van der Waals surface area contributed by atoms with Gasteiger partial charge in [0, 0.05) is 31.5 Å². The fourth-order valence-corrected chi connectivity index (χ4v) is 3.27. The molecular weight excluding hydrogens is 374 g/mol. The number of nitrogens with zero attached hydrogens (tertiary/aromatic N) is 2. The minimum absolute atomic E-state index is 0.176. The van der Waals surface area contributed by atoms with Crippen molar-refractivity contribution in [2.45, 2.75) is 58.0 Å². The number of rotatable bonds is 5. The molecule has 1 saturated heterocycles. The Kier molecular flexibility index (Phi) is 6.22. The molecule has 8 nitrogen and oxygen atoms in total. The molecule has 0 spiro atoms. The summed E-state index contributed by atoms with van der Waals surface area (Å²) in [6, 6.07) is 7.86. The number of hydrogen-bond donors (Lipinski definition) is 1. The van der Waals surface area contributed by atoms with Crippen LogP contribution in [-0.2, 0) is 25.4 Å². The lowest BCUT2D eigenvalue weighted by Crippen LogP contribution is -2.40. The molecule has 0 amide bonds. The lowest BCUT2D eigenvalue weighted by Gasteiger charge is -2.25. The van der Waals surface area contributed by atoms with Crippen molar-refractivity contribution in [2.24, 2.45) is 0 Å². The van der Waals surface area contributed by atoms with Crippen molar-refractivity contribution in [1.82, 2.24) is 14.9 Å². The zero-order valence-electron chi connectivity index (χ0n) is 17.1. The maximum Gasteiger partial charge on any atom is 0.509 e. The highest BCUT2D eigenvalue weighted by atomic mass is 16.7. The largest absolute Gasteiger partial charge is 0.509 e. The number of imidazole rings is 1. The summed E-state index contributed by atoms with van der Waals surface area (Å²) in [5.74, 6) is -0.419. The second-order valence-corrected chi connectivity index (χ2v) is 8.05. The first kappa shape index (κ1) is 20.9. The van der Waals surface area contributed by atoms with Gasteiger partial charge in [0.25, 0.3) is 0 Å². The third-order valence-corrected chi connectivity index (χ3v) is 4.48. The van der Waals surface area contributed by atoms with Gasteiger partial charge in [-0.15, -0.1) is 0 Å². The van der Waals surface area contributed by atoms with E-state index in [9.17, 15) is 9.59 Å². The van der Waals surface area contributed by atoms with Crippen LogP contribution in [0.4, 0.5) is 4.79 Å². The van der Waals surface area contributed by atoms with Crippen molar-refractivity contribution in [2.75, 3.05) is 6.54 Å². The van der Waals surface area contributed by atoms with Crippen LogP contribution in [0.15, 0.2) is 43.0 Å². The van der Waals surface area contributed by atoms with E-state index in [2.05, 4.69) is 10.3 Å². The van der Waals surface area contributed by atoms with E-state index in [1.54, 1.807) is 33.3 Å². The third kappa shape index (κ3) is 5.80. The van der Waals surface area contributed by atoms with E-state index in [4.69, 9.17) is 14.2 Å². The van der Waals surface area contributed by atoms with Crippen molar-refractivity contribution in [3.8, 4) is 5.69 Å². The Morgan fingerprint density at radius 1 is 1.21 bits per heavy atom. The highest BCUT2D eigenvalue weighted by Crippen LogP contribution is 2.22. The third-order valence-electron chi connectivity index (χ3n) is 4.48. The van der Waals surface area contributed by atoms with Crippen LogP contribution < -0.4 is 5.32 Å². The van der Waals surface area contributed by atoms with Crippen LogP contribution in [0.2, 0.25) is 0 Å². The molecule has 156 valence electrons. The molecule has 0 unspecified atom stereocenters. The van der Waals surface area contributed by atoms with Gasteiger partial charge in [-0.05, 0) is 44.9 Å². The van der Waals surface area contributed by atoms with Crippen molar-refractivity contribution < 1.29 is 23.8 Å². The van der Waals surface area contributed by atoms with E-state index in [1.165, 1.54) is 6.92 Å². The molecule has 2 aromatic rings. The summed E-state index contributed by atoms with van der Waals surface area (Å²) in [4.78, 5) is 27.7. The van der Waals surface area contributed by atoms with E-state index < -0.39 is 29.9 Å². The first-order valence-electron chi connectivity index (χ1n) is 9.59. The Bertz CT molecular complexity index is 827. The van der Waals surface area contributed by atoms with Gasteiger partial charge in [-0.1, -0.05) is 12.1 Å². The standard InChI is InChI=1S/C21H27N3O5/c1-14(25)27-19-17(23-12-18(19)28-20(26)29-21(2,3)4)11-15-5-7-16(8-6-15)24-10-9-22-13-24/h5-10,13,17-19,23H,11-12H2,1-4H3/t17-,18+,19+/m1/s1. The number of aromatic nitrogens is 2. The van der Waals surface area contributed by atoms with Crippen LogP contribution in [0.25, 0.3) is 5.69 Å². The minimum atomic E-state index is -0.771. The molecule has 29 heavy (non-hydrogen) atoms. The lowest BCUT2D eigenvalue weighted by molar-refractivity contribution is -0.152. The normalized spacial score (nSPS) is 21.6. The Morgan fingerprint density at radius 2 is 1.93 bits per heavy atom. The summed E-state index contributed by atoms with van der Waals surface area (Å²) in [6.07, 6.45) is 4.00. The quantitative estimate of drug-likeness (QED) is 0.770. The molecule has 0 bridgehead atoms. The summed E-state index contributed by atoms with van der Waals surface area (Å²) in [5, 5.41) is 3.30.